The molecule has 0 aliphatic rings. The zero-order valence-corrected chi connectivity index (χ0v) is 8.77. The Labute approximate surface area is 91.2 Å². The number of nitrogens with zero attached hydrogens (tertiary/aromatic N) is 1. The molecule has 5 nitrogen and oxygen atoms in total. The van der Waals surface area contributed by atoms with Crippen LogP contribution in [0.1, 0.15) is 5.56 Å². The van der Waals surface area contributed by atoms with Gasteiger partial charge in [0.1, 0.15) is 5.82 Å². The lowest BCUT2D eigenvalue weighted by molar-refractivity contribution is -0.401. The quantitative estimate of drug-likeness (QED) is 0.583. The highest BCUT2D eigenvalue weighted by molar-refractivity contribution is 5.62. The predicted octanol–water partition coefficient (Wildman–Crippen LogP) is 2.09. The third-order valence-electron chi connectivity index (χ3n) is 1.89. The summed E-state index contributed by atoms with van der Waals surface area (Å²) in [7, 11) is 2.73. The summed E-state index contributed by atoms with van der Waals surface area (Å²) in [6, 6.07) is 2.54. The Balaban J connectivity index is 3.28. The average Bonchev–Trinajstić information content (AvgIpc) is 2.26. The van der Waals surface area contributed by atoms with Gasteiger partial charge in [-0.05, 0) is 12.1 Å². The van der Waals surface area contributed by atoms with Gasteiger partial charge in [0.15, 0.2) is 11.5 Å². The molecule has 0 aromatic heterocycles. The summed E-state index contributed by atoms with van der Waals surface area (Å²) in [5.74, 6) is -0.178. The molecule has 6 heteroatoms. The van der Waals surface area contributed by atoms with E-state index in [0.29, 0.717) is 11.9 Å². The number of hydrogen-bond donors (Lipinski definition) is 0. The number of nitro groups is 1. The number of rotatable bonds is 4. The molecule has 0 unspecified atom stereocenters. The largest absolute Gasteiger partial charge is 0.493 e. The van der Waals surface area contributed by atoms with E-state index in [1.165, 1.54) is 20.3 Å². The molecule has 0 N–H and O–H groups in total. The van der Waals surface area contributed by atoms with Gasteiger partial charge < -0.3 is 9.47 Å². The minimum absolute atomic E-state index is 0.0152. The normalized spacial score (nSPS) is 10.4. The zero-order chi connectivity index (χ0) is 12.1. The topological polar surface area (TPSA) is 61.6 Å². The van der Waals surface area contributed by atoms with Gasteiger partial charge >= 0.3 is 0 Å². The molecule has 0 saturated heterocycles. The van der Waals surface area contributed by atoms with Gasteiger partial charge in [0, 0.05) is 6.08 Å². The molecular weight excluding hydrogens is 217 g/mol. The maximum atomic E-state index is 13.4. The van der Waals surface area contributed by atoms with Crippen LogP contribution in [0.25, 0.3) is 6.08 Å². The van der Waals surface area contributed by atoms with Gasteiger partial charge in [-0.2, -0.15) is 0 Å². The van der Waals surface area contributed by atoms with Gasteiger partial charge in [0.25, 0.3) is 0 Å². The van der Waals surface area contributed by atoms with E-state index in [1.54, 1.807) is 0 Å². The number of ether oxygens (including phenoxy) is 2. The molecule has 86 valence electrons. The second kappa shape index (κ2) is 5.11. The first kappa shape index (κ1) is 12.0. The van der Waals surface area contributed by atoms with Crippen molar-refractivity contribution in [2.75, 3.05) is 14.2 Å². The standard InChI is InChI=1S/C10H10FNO4/c1-15-9-4-3-8(11)7(10(9)16-2)5-6-12(13)14/h3-6H,1-2H3/b6-5+. The summed E-state index contributed by atoms with van der Waals surface area (Å²) >= 11 is 0. The summed E-state index contributed by atoms with van der Waals surface area (Å²) in [5.41, 5.74) is -0.0152. The fourth-order valence-corrected chi connectivity index (χ4v) is 1.22. The molecule has 0 aliphatic carbocycles. The molecule has 0 aliphatic heterocycles. The van der Waals surface area contributed by atoms with E-state index in [4.69, 9.17) is 9.47 Å². The minimum atomic E-state index is -0.682. The molecule has 0 heterocycles. The Morgan fingerprint density at radius 2 is 2.06 bits per heavy atom. The number of methoxy groups -OCH3 is 2. The highest BCUT2D eigenvalue weighted by Gasteiger charge is 2.13. The van der Waals surface area contributed by atoms with E-state index < -0.39 is 10.7 Å². The Bertz CT molecular complexity index is 431. The Kier molecular flexibility index (Phi) is 3.82. The lowest BCUT2D eigenvalue weighted by Gasteiger charge is -2.10. The molecule has 1 rings (SSSR count). The second-order valence-electron chi connectivity index (χ2n) is 2.80. The van der Waals surface area contributed by atoms with Crippen LogP contribution >= 0.6 is 0 Å². The molecule has 0 radical (unpaired) electrons. The molecule has 0 saturated carbocycles. The van der Waals surface area contributed by atoms with Crippen LogP contribution in [0.15, 0.2) is 18.3 Å². The summed E-state index contributed by atoms with van der Waals surface area (Å²) in [6.07, 6.45) is 1.66. The molecule has 1 aromatic rings. The van der Waals surface area contributed by atoms with Crippen LogP contribution in [-0.2, 0) is 0 Å². The van der Waals surface area contributed by atoms with Gasteiger partial charge in [-0.15, -0.1) is 0 Å². The first-order chi connectivity index (χ1) is 7.60. The van der Waals surface area contributed by atoms with E-state index >= 15 is 0 Å². The average molecular weight is 227 g/mol. The third kappa shape index (κ3) is 2.47. The van der Waals surface area contributed by atoms with Crippen LogP contribution < -0.4 is 9.47 Å². The summed E-state index contributed by atoms with van der Waals surface area (Å²) in [5, 5.41) is 10.2. The molecule has 0 atom stereocenters. The smallest absolute Gasteiger partial charge is 0.235 e. The molecule has 0 spiro atoms. The van der Waals surface area contributed by atoms with Gasteiger partial charge in [0.05, 0.1) is 24.7 Å². The number of hydrogen-bond acceptors (Lipinski definition) is 4. The van der Waals surface area contributed by atoms with Crippen molar-refractivity contribution in [3.63, 3.8) is 0 Å². The van der Waals surface area contributed by atoms with Crippen LogP contribution in [0.5, 0.6) is 11.5 Å². The maximum Gasteiger partial charge on any atom is 0.235 e. The van der Waals surface area contributed by atoms with Crippen LogP contribution in [0.2, 0.25) is 0 Å². The van der Waals surface area contributed by atoms with Crippen LogP contribution in [-0.4, -0.2) is 19.1 Å². The SMILES string of the molecule is COc1ccc(F)c(/C=C/[N+](=O)[O-])c1OC. The van der Waals surface area contributed by atoms with E-state index in [-0.39, 0.29) is 11.3 Å². The van der Waals surface area contributed by atoms with Crippen molar-refractivity contribution in [3.8, 4) is 11.5 Å². The fourth-order valence-electron chi connectivity index (χ4n) is 1.22. The minimum Gasteiger partial charge on any atom is -0.493 e. The number of halogens is 1. The van der Waals surface area contributed by atoms with Crippen molar-refractivity contribution in [1.82, 2.24) is 0 Å². The monoisotopic (exact) mass is 227 g/mol. The third-order valence-corrected chi connectivity index (χ3v) is 1.89. The Hall–Kier alpha value is -2.11. The molecule has 1 aromatic carbocycles. The molecule has 0 fully saturated rings. The second-order valence-corrected chi connectivity index (χ2v) is 2.80. The van der Waals surface area contributed by atoms with Gasteiger partial charge in [-0.3, -0.25) is 10.1 Å². The van der Waals surface area contributed by atoms with Crippen molar-refractivity contribution < 1.29 is 18.8 Å². The van der Waals surface area contributed by atoms with Gasteiger partial charge in [-0.25, -0.2) is 4.39 Å². The van der Waals surface area contributed by atoms with Crippen LogP contribution in [0.4, 0.5) is 4.39 Å². The first-order valence-corrected chi connectivity index (χ1v) is 4.32. The van der Waals surface area contributed by atoms with E-state index in [2.05, 4.69) is 0 Å². The molecule has 0 amide bonds. The summed E-state index contributed by atoms with van der Waals surface area (Å²) in [4.78, 5) is 9.48. The van der Waals surface area contributed by atoms with Crippen molar-refractivity contribution in [2.24, 2.45) is 0 Å². The molecule has 16 heavy (non-hydrogen) atoms. The van der Waals surface area contributed by atoms with Crippen LogP contribution in [0.3, 0.4) is 0 Å². The molecule has 0 bridgehead atoms. The van der Waals surface area contributed by atoms with Gasteiger partial charge in [0.2, 0.25) is 6.20 Å². The van der Waals surface area contributed by atoms with Crippen molar-refractivity contribution in [2.45, 2.75) is 0 Å². The fraction of sp³-hybridized carbons (Fsp3) is 0.200. The lowest BCUT2D eigenvalue weighted by Crippen LogP contribution is -1.96. The van der Waals surface area contributed by atoms with Crippen molar-refractivity contribution in [1.29, 1.82) is 0 Å². The lowest BCUT2D eigenvalue weighted by atomic mass is 10.1. The zero-order valence-electron chi connectivity index (χ0n) is 8.77. The van der Waals surface area contributed by atoms with E-state index in [9.17, 15) is 14.5 Å². The van der Waals surface area contributed by atoms with Gasteiger partial charge in [-0.1, -0.05) is 0 Å². The summed E-state index contributed by atoms with van der Waals surface area (Å²) in [6.45, 7) is 0. The van der Waals surface area contributed by atoms with Crippen molar-refractivity contribution in [3.05, 3.63) is 39.8 Å². The van der Waals surface area contributed by atoms with E-state index in [1.807, 2.05) is 0 Å². The van der Waals surface area contributed by atoms with Crippen LogP contribution in [0, 0.1) is 15.9 Å². The maximum absolute atomic E-state index is 13.4. The number of benzene rings is 1. The Morgan fingerprint density at radius 3 is 2.56 bits per heavy atom. The predicted molar refractivity (Wildman–Crippen MR) is 55.5 cm³/mol. The molecular formula is C10H10FNO4. The summed E-state index contributed by atoms with van der Waals surface area (Å²) < 4.78 is 23.3. The highest BCUT2D eigenvalue weighted by atomic mass is 19.1. The van der Waals surface area contributed by atoms with Crippen molar-refractivity contribution >= 4 is 6.08 Å². The highest BCUT2D eigenvalue weighted by Crippen LogP contribution is 2.33. The Morgan fingerprint density at radius 1 is 1.38 bits per heavy atom. The first-order valence-electron chi connectivity index (χ1n) is 4.32. The van der Waals surface area contributed by atoms with E-state index in [0.717, 1.165) is 12.1 Å².